The van der Waals surface area contributed by atoms with Gasteiger partial charge in [0, 0.05) is 6.42 Å². The van der Waals surface area contributed by atoms with Crippen LogP contribution in [0.25, 0.3) is 0 Å². The summed E-state index contributed by atoms with van der Waals surface area (Å²) in [6, 6.07) is -0.815. The SMILES string of the molecule is CCCCCCCCCCCCCCCCCC(=O)NC(COC1OC(CO)C(OC2OC(CO)C(O)C(O)C2O)C(O)C1O)C(O)CCCCC. The fraction of sp³-hybridized carbons (Fsp3) is 0.974. The van der Waals surface area contributed by atoms with Gasteiger partial charge in [-0.15, -0.1) is 0 Å². The highest BCUT2D eigenvalue weighted by molar-refractivity contribution is 5.76. The molecular weight excluding hydrogens is 678 g/mol. The molecule has 2 aliphatic rings. The first-order valence-electron chi connectivity index (χ1n) is 20.3. The second kappa shape index (κ2) is 27.6. The Morgan fingerprint density at radius 2 is 1.10 bits per heavy atom. The number of carbonyl (C=O) groups is 1. The first-order chi connectivity index (χ1) is 25.1. The van der Waals surface area contributed by atoms with Gasteiger partial charge in [0.25, 0.3) is 0 Å². The maximum atomic E-state index is 12.9. The summed E-state index contributed by atoms with van der Waals surface area (Å²) in [7, 11) is 0. The number of aliphatic hydroxyl groups is 8. The van der Waals surface area contributed by atoms with Crippen LogP contribution in [0, 0.1) is 0 Å². The average molecular weight is 752 g/mol. The van der Waals surface area contributed by atoms with Crippen molar-refractivity contribution in [3.63, 3.8) is 0 Å². The van der Waals surface area contributed by atoms with Crippen LogP contribution in [-0.2, 0) is 23.7 Å². The fourth-order valence-electron chi connectivity index (χ4n) is 6.88. The molecule has 52 heavy (non-hydrogen) atoms. The van der Waals surface area contributed by atoms with E-state index in [2.05, 4.69) is 12.2 Å². The van der Waals surface area contributed by atoms with E-state index in [1.165, 1.54) is 70.6 Å². The van der Waals surface area contributed by atoms with Crippen molar-refractivity contribution in [3.05, 3.63) is 0 Å². The highest BCUT2D eigenvalue weighted by Gasteiger charge is 2.50. The van der Waals surface area contributed by atoms with Gasteiger partial charge in [0.05, 0.1) is 32.0 Å². The van der Waals surface area contributed by atoms with Crippen molar-refractivity contribution < 1.29 is 64.6 Å². The van der Waals surface area contributed by atoms with Crippen LogP contribution in [0.3, 0.4) is 0 Å². The molecule has 308 valence electrons. The zero-order chi connectivity index (χ0) is 38.3. The van der Waals surface area contributed by atoms with Gasteiger partial charge in [-0.2, -0.15) is 0 Å². The van der Waals surface area contributed by atoms with Crippen LogP contribution in [0.5, 0.6) is 0 Å². The lowest BCUT2D eigenvalue weighted by Crippen LogP contribution is -2.65. The standard InChI is InChI=1S/C38H73NO13/c1-3-5-7-8-9-10-11-12-13-14-15-16-17-18-20-22-30(43)39-26(27(42)21-19-6-4-2)25-49-37-35(48)33(46)36(29(24-41)51-37)52-38-34(47)32(45)31(44)28(23-40)50-38/h26-29,31-38,40-42,44-48H,3-25H2,1-2H3,(H,39,43). The molecule has 2 heterocycles. The van der Waals surface area contributed by atoms with Crippen molar-refractivity contribution in [1.29, 1.82) is 0 Å². The molecule has 0 bridgehead atoms. The van der Waals surface area contributed by atoms with Gasteiger partial charge >= 0.3 is 0 Å². The van der Waals surface area contributed by atoms with E-state index in [0.717, 1.165) is 44.9 Å². The van der Waals surface area contributed by atoms with Gasteiger partial charge in [-0.05, 0) is 12.8 Å². The quantitative estimate of drug-likeness (QED) is 0.0501. The lowest BCUT2D eigenvalue weighted by atomic mass is 9.97. The van der Waals surface area contributed by atoms with E-state index in [-0.39, 0.29) is 12.5 Å². The third-order valence-corrected chi connectivity index (χ3v) is 10.3. The van der Waals surface area contributed by atoms with E-state index in [0.29, 0.717) is 12.8 Å². The molecule has 9 N–H and O–H groups in total. The summed E-state index contributed by atoms with van der Waals surface area (Å²) in [5.74, 6) is -0.218. The van der Waals surface area contributed by atoms with E-state index >= 15 is 0 Å². The van der Waals surface area contributed by atoms with Gasteiger partial charge in [-0.1, -0.05) is 123 Å². The lowest BCUT2D eigenvalue weighted by Gasteiger charge is -2.46. The zero-order valence-electron chi connectivity index (χ0n) is 31.8. The Hall–Kier alpha value is -1.01. The molecule has 0 spiro atoms. The highest BCUT2D eigenvalue weighted by atomic mass is 16.7. The number of nitrogens with one attached hydrogen (secondary N) is 1. The van der Waals surface area contributed by atoms with Gasteiger partial charge < -0.3 is 65.1 Å². The summed E-state index contributed by atoms with van der Waals surface area (Å²) in [6.07, 6.45) is 5.11. The summed E-state index contributed by atoms with van der Waals surface area (Å²) < 4.78 is 22.4. The van der Waals surface area contributed by atoms with E-state index in [1.807, 2.05) is 6.92 Å². The molecule has 0 aromatic heterocycles. The van der Waals surface area contributed by atoms with Crippen LogP contribution in [0.15, 0.2) is 0 Å². The van der Waals surface area contributed by atoms with Gasteiger partial charge in [0.15, 0.2) is 12.6 Å². The van der Waals surface area contributed by atoms with E-state index < -0.39 is 86.8 Å². The largest absolute Gasteiger partial charge is 0.394 e. The summed E-state index contributed by atoms with van der Waals surface area (Å²) in [5, 5.41) is 85.6. The first kappa shape index (κ1) is 47.1. The van der Waals surface area contributed by atoms with Gasteiger partial charge in [-0.25, -0.2) is 0 Å². The Morgan fingerprint density at radius 1 is 0.615 bits per heavy atom. The van der Waals surface area contributed by atoms with Crippen LogP contribution < -0.4 is 5.32 Å². The van der Waals surface area contributed by atoms with E-state index in [4.69, 9.17) is 18.9 Å². The van der Waals surface area contributed by atoms with Crippen LogP contribution >= 0.6 is 0 Å². The Labute approximate surface area is 311 Å². The monoisotopic (exact) mass is 752 g/mol. The predicted molar refractivity (Wildman–Crippen MR) is 194 cm³/mol. The third-order valence-electron chi connectivity index (χ3n) is 10.3. The molecule has 0 aromatic carbocycles. The minimum Gasteiger partial charge on any atom is -0.394 e. The molecule has 14 nitrogen and oxygen atoms in total. The number of amides is 1. The van der Waals surface area contributed by atoms with Crippen molar-refractivity contribution >= 4 is 5.91 Å². The molecular formula is C38H73NO13. The topological polar surface area (TPSA) is 228 Å². The van der Waals surface area contributed by atoms with Gasteiger partial charge in [0.1, 0.15) is 48.8 Å². The smallest absolute Gasteiger partial charge is 0.220 e. The Balaban J connectivity index is 1.79. The Bertz CT molecular complexity index is 899. The molecule has 0 aromatic rings. The fourth-order valence-corrected chi connectivity index (χ4v) is 6.88. The zero-order valence-corrected chi connectivity index (χ0v) is 31.8. The number of unbranched alkanes of at least 4 members (excludes halogenated alkanes) is 16. The number of ether oxygens (including phenoxy) is 4. The molecule has 0 aliphatic carbocycles. The molecule has 2 saturated heterocycles. The van der Waals surface area contributed by atoms with Crippen molar-refractivity contribution in [3.8, 4) is 0 Å². The average Bonchev–Trinajstić information content (AvgIpc) is 3.14. The number of carbonyl (C=O) groups excluding carboxylic acids is 1. The maximum absolute atomic E-state index is 12.9. The summed E-state index contributed by atoms with van der Waals surface area (Å²) >= 11 is 0. The minimum absolute atomic E-state index is 0.218. The van der Waals surface area contributed by atoms with Crippen LogP contribution in [-0.4, -0.2) is 140 Å². The molecule has 12 unspecified atom stereocenters. The lowest BCUT2D eigenvalue weighted by molar-refractivity contribution is -0.359. The summed E-state index contributed by atoms with van der Waals surface area (Å²) in [6.45, 7) is 2.65. The predicted octanol–water partition coefficient (Wildman–Crippen LogP) is 2.31. The number of hydrogen-bond donors (Lipinski definition) is 9. The molecule has 14 heteroatoms. The Morgan fingerprint density at radius 3 is 1.63 bits per heavy atom. The summed E-state index contributed by atoms with van der Waals surface area (Å²) in [5.41, 5.74) is 0. The van der Waals surface area contributed by atoms with Crippen LogP contribution in [0.2, 0.25) is 0 Å². The second-order valence-corrected chi connectivity index (χ2v) is 14.8. The van der Waals surface area contributed by atoms with Crippen LogP contribution in [0.1, 0.15) is 142 Å². The number of aliphatic hydroxyl groups excluding tert-OH is 8. The Kier molecular flexibility index (Phi) is 25.0. The van der Waals surface area contributed by atoms with Gasteiger partial charge in [-0.3, -0.25) is 4.79 Å². The third kappa shape index (κ3) is 16.8. The molecule has 0 saturated carbocycles. The molecule has 2 fully saturated rings. The van der Waals surface area contributed by atoms with Crippen molar-refractivity contribution in [2.45, 2.75) is 216 Å². The van der Waals surface area contributed by atoms with Crippen LogP contribution in [0.4, 0.5) is 0 Å². The highest BCUT2D eigenvalue weighted by Crippen LogP contribution is 2.30. The molecule has 2 rings (SSSR count). The minimum atomic E-state index is -1.77. The first-order valence-corrected chi connectivity index (χ1v) is 20.3. The summed E-state index contributed by atoms with van der Waals surface area (Å²) in [4.78, 5) is 12.9. The second-order valence-electron chi connectivity index (χ2n) is 14.8. The van der Waals surface area contributed by atoms with E-state index in [1.54, 1.807) is 0 Å². The van der Waals surface area contributed by atoms with Crippen molar-refractivity contribution in [2.75, 3.05) is 19.8 Å². The molecule has 2 aliphatic heterocycles. The number of hydrogen-bond acceptors (Lipinski definition) is 13. The molecule has 12 atom stereocenters. The molecule has 0 radical (unpaired) electrons. The normalized spacial score (nSPS) is 30.7. The van der Waals surface area contributed by atoms with Crippen molar-refractivity contribution in [2.24, 2.45) is 0 Å². The number of rotatable bonds is 29. The molecule has 1 amide bonds. The van der Waals surface area contributed by atoms with Gasteiger partial charge in [0.2, 0.25) is 5.91 Å². The maximum Gasteiger partial charge on any atom is 0.220 e. The van der Waals surface area contributed by atoms with Crippen molar-refractivity contribution in [1.82, 2.24) is 5.32 Å². The van der Waals surface area contributed by atoms with E-state index in [9.17, 15) is 45.6 Å².